The van der Waals surface area contributed by atoms with Crippen LogP contribution >= 0.6 is 0 Å². The van der Waals surface area contributed by atoms with Gasteiger partial charge in [-0.25, -0.2) is 4.98 Å². The van der Waals surface area contributed by atoms with E-state index in [9.17, 15) is 0 Å². The molecule has 6 aromatic carbocycles. The van der Waals surface area contributed by atoms with Crippen molar-refractivity contribution in [3.8, 4) is 33.5 Å². The topological polar surface area (TPSA) is 28.2 Å². The predicted molar refractivity (Wildman–Crippen MR) is 181 cm³/mol. The normalized spacial score (nSPS) is 15.2. The minimum Gasteiger partial charge on any atom is -0.359 e. The number of hydrogen-bond acceptors (Lipinski definition) is 3. The molecule has 0 spiro atoms. The van der Waals surface area contributed by atoms with E-state index in [0.717, 1.165) is 33.5 Å². The second-order valence-corrected chi connectivity index (χ2v) is 11.3. The minimum atomic E-state index is 0.102. The number of para-hydroxylation sites is 1. The Morgan fingerprint density at radius 3 is 1.88 bits per heavy atom. The van der Waals surface area contributed by atoms with Crippen molar-refractivity contribution >= 4 is 43.8 Å². The van der Waals surface area contributed by atoms with E-state index in [-0.39, 0.29) is 6.17 Å². The molecule has 0 fully saturated rings. The number of pyridine rings is 1. The number of allylic oxidation sites excluding steroid dienone is 2. The fraction of sp³-hybridized carbons (Fsp3) is 0.0250. The first-order chi connectivity index (χ1) is 21.3. The van der Waals surface area contributed by atoms with E-state index in [1.54, 1.807) is 0 Å². The van der Waals surface area contributed by atoms with Gasteiger partial charge >= 0.3 is 0 Å². The Morgan fingerprint density at radius 1 is 0.535 bits per heavy atom. The number of nitrogens with zero attached hydrogens (tertiary/aromatic N) is 2. The summed E-state index contributed by atoms with van der Waals surface area (Å²) >= 11 is 0. The average Bonchev–Trinajstić information content (AvgIpc) is 3.47. The summed E-state index contributed by atoms with van der Waals surface area (Å²) in [7, 11) is 0. The lowest BCUT2D eigenvalue weighted by molar-refractivity contribution is 0.907. The van der Waals surface area contributed by atoms with Gasteiger partial charge in [0.25, 0.3) is 0 Å². The van der Waals surface area contributed by atoms with Crippen LogP contribution in [0.5, 0.6) is 0 Å². The fourth-order valence-corrected chi connectivity index (χ4v) is 6.57. The van der Waals surface area contributed by atoms with Crippen LogP contribution in [-0.2, 0) is 0 Å². The molecule has 202 valence electrons. The zero-order valence-electron chi connectivity index (χ0n) is 23.4. The van der Waals surface area contributed by atoms with Crippen molar-refractivity contribution in [3.63, 3.8) is 0 Å². The molecule has 1 aromatic heterocycles. The molecule has 7 aromatic rings. The molecule has 2 aliphatic heterocycles. The van der Waals surface area contributed by atoms with E-state index >= 15 is 0 Å². The Balaban J connectivity index is 1.07. The maximum absolute atomic E-state index is 5.16. The lowest BCUT2D eigenvalue weighted by Gasteiger charge is -2.23. The molecule has 0 radical (unpaired) electrons. The van der Waals surface area contributed by atoms with Gasteiger partial charge in [0.1, 0.15) is 6.17 Å². The third-order valence-corrected chi connectivity index (χ3v) is 8.78. The third kappa shape index (κ3) is 3.93. The summed E-state index contributed by atoms with van der Waals surface area (Å²) in [5, 5.41) is 9.88. The molecule has 0 saturated carbocycles. The van der Waals surface area contributed by atoms with E-state index in [4.69, 9.17) is 4.98 Å². The van der Waals surface area contributed by atoms with Crippen LogP contribution in [0.15, 0.2) is 152 Å². The maximum atomic E-state index is 5.16. The highest BCUT2D eigenvalue weighted by atomic mass is 15.3. The number of anilines is 2. The average molecular weight is 550 g/mol. The Morgan fingerprint density at radius 2 is 1.12 bits per heavy atom. The van der Waals surface area contributed by atoms with Gasteiger partial charge in [0.05, 0.1) is 22.6 Å². The standard InChI is InChI=1S/C40H27N3/c1-2-8-29-23-31(17-14-26(29)7-1)34-21-20-32-24-30(18-19-33(32)25-34)27-12-15-28(16-13-27)38-40-39(35-9-3-4-10-36(35)41-38)42-37-11-5-6-22-43(37)40/h1-25,37,42H. The summed E-state index contributed by atoms with van der Waals surface area (Å²) in [6.45, 7) is 0. The van der Waals surface area contributed by atoms with Crippen LogP contribution in [0.25, 0.3) is 66.0 Å². The summed E-state index contributed by atoms with van der Waals surface area (Å²) in [6, 6.07) is 46.0. The highest BCUT2D eigenvalue weighted by Gasteiger charge is 2.32. The molecular weight excluding hydrogens is 522 g/mol. The van der Waals surface area contributed by atoms with Crippen molar-refractivity contribution in [3.05, 3.63) is 152 Å². The van der Waals surface area contributed by atoms with Gasteiger partial charge in [0, 0.05) is 17.1 Å². The van der Waals surface area contributed by atoms with Gasteiger partial charge in [-0.15, -0.1) is 0 Å². The van der Waals surface area contributed by atoms with Crippen molar-refractivity contribution in [1.29, 1.82) is 0 Å². The van der Waals surface area contributed by atoms with Crippen LogP contribution in [0.1, 0.15) is 0 Å². The molecule has 2 aliphatic rings. The number of nitrogens with one attached hydrogen (secondary N) is 1. The van der Waals surface area contributed by atoms with E-state index in [1.807, 2.05) is 0 Å². The highest BCUT2D eigenvalue weighted by molar-refractivity contribution is 6.06. The monoisotopic (exact) mass is 549 g/mol. The molecule has 3 nitrogen and oxygen atoms in total. The van der Waals surface area contributed by atoms with Crippen LogP contribution < -0.4 is 10.2 Å². The second kappa shape index (κ2) is 9.43. The number of aromatic nitrogens is 1. The van der Waals surface area contributed by atoms with Crippen LogP contribution in [0.3, 0.4) is 0 Å². The largest absolute Gasteiger partial charge is 0.359 e. The molecule has 43 heavy (non-hydrogen) atoms. The number of rotatable bonds is 3. The second-order valence-electron chi connectivity index (χ2n) is 11.3. The molecular formula is C40H27N3. The zero-order valence-corrected chi connectivity index (χ0v) is 23.4. The lowest BCUT2D eigenvalue weighted by atomic mass is 9.96. The summed E-state index contributed by atoms with van der Waals surface area (Å²) in [5.41, 5.74) is 10.3. The van der Waals surface area contributed by atoms with Crippen LogP contribution in [-0.4, -0.2) is 11.1 Å². The molecule has 0 amide bonds. The zero-order chi connectivity index (χ0) is 28.3. The lowest BCUT2D eigenvalue weighted by Crippen LogP contribution is -2.30. The summed E-state index contributed by atoms with van der Waals surface area (Å²) in [4.78, 5) is 7.45. The molecule has 3 heterocycles. The Kier molecular flexibility index (Phi) is 5.26. The van der Waals surface area contributed by atoms with Crippen molar-refractivity contribution in [2.45, 2.75) is 6.17 Å². The number of hydrogen-bond donors (Lipinski definition) is 1. The van der Waals surface area contributed by atoms with Gasteiger partial charge in [0.15, 0.2) is 0 Å². The van der Waals surface area contributed by atoms with Crippen molar-refractivity contribution in [1.82, 2.24) is 4.98 Å². The minimum absolute atomic E-state index is 0.102. The van der Waals surface area contributed by atoms with Crippen LogP contribution in [0.4, 0.5) is 11.4 Å². The molecule has 1 unspecified atom stereocenters. The molecule has 1 N–H and O–H groups in total. The molecule has 0 aliphatic carbocycles. The van der Waals surface area contributed by atoms with Crippen molar-refractivity contribution < 1.29 is 0 Å². The van der Waals surface area contributed by atoms with Crippen molar-refractivity contribution in [2.24, 2.45) is 0 Å². The van der Waals surface area contributed by atoms with Gasteiger partial charge in [-0.3, -0.25) is 0 Å². The quantitative estimate of drug-likeness (QED) is 0.238. The van der Waals surface area contributed by atoms with E-state index < -0.39 is 0 Å². The molecule has 1 atom stereocenters. The first-order valence-corrected chi connectivity index (χ1v) is 14.7. The van der Waals surface area contributed by atoms with E-state index in [1.165, 1.54) is 43.8 Å². The third-order valence-electron chi connectivity index (χ3n) is 8.78. The Bertz CT molecular complexity index is 2280. The first-order valence-electron chi connectivity index (χ1n) is 14.7. The summed E-state index contributed by atoms with van der Waals surface area (Å²) in [6.07, 6.45) is 8.60. The van der Waals surface area contributed by atoms with Crippen LogP contribution in [0, 0.1) is 0 Å². The van der Waals surface area contributed by atoms with Gasteiger partial charge in [-0.05, 0) is 80.2 Å². The first kappa shape index (κ1) is 24.0. The number of fused-ring (bicyclic) bond motifs is 7. The van der Waals surface area contributed by atoms with E-state index in [2.05, 4.69) is 162 Å². The van der Waals surface area contributed by atoms with Gasteiger partial charge < -0.3 is 10.2 Å². The fourth-order valence-electron chi connectivity index (χ4n) is 6.57. The molecule has 9 rings (SSSR count). The Labute approximate surface area is 250 Å². The van der Waals surface area contributed by atoms with Gasteiger partial charge in [-0.2, -0.15) is 0 Å². The van der Waals surface area contributed by atoms with Crippen molar-refractivity contribution in [2.75, 3.05) is 10.2 Å². The smallest absolute Gasteiger partial charge is 0.123 e. The SMILES string of the molecule is C1=CC2Nc3c(c(-c4ccc(-c5ccc6cc(-c7ccc8ccccc8c7)ccc6c5)cc4)nc4ccccc34)N2C=C1. The predicted octanol–water partition coefficient (Wildman–Crippen LogP) is 10.2. The highest BCUT2D eigenvalue weighted by Crippen LogP contribution is 2.47. The molecule has 0 saturated heterocycles. The molecule has 0 bridgehead atoms. The van der Waals surface area contributed by atoms with Gasteiger partial charge in [0.2, 0.25) is 0 Å². The Hall–Kier alpha value is -5.67. The summed E-state index contributed by atoms with van der Waals surface area (Å²) in [5.74, 6) is 0. The van der Waals surface area contributed by atoms with Gasteiger partial charge in [-0.1, -0.05) is 109 Å². The number of benzene rings is 6. The van der Waals surface area contributed by atoms with Crippen LogP contribution in [0.2, 0.25) is 0 Å². The van der Waals surface area contributed by atoms with E-state index in [0.29, 0.717) is 0 Å². The molecule has 3 heteroatoms. The maximum Gasteiger partial charge on any atom is 0.123 e. The summed E-state index contributed by atoms with van der Waals surface area (Å²) < 4.78 is 0.